The van der Waals surface area contributed by atoms with Crippen LogP contribution in [0.3, 0.4) is 0 Å². The first kappa shape index (κ1) is 19.2. The number of carbonyl (C=O) groups is 1. The molecular weight excluding hydrogens is 345 g/mol. The molecule has 2 N–H and O–H groups in total. The standard InChI is InChI=1S/C19H25F3N2O2/c20-19(21,22)16-7-6-15(26-16)12-17(25)24-10-8-18(13-23,9-11-24)14-4-2-1-3-5-14/h1-5,15-16H,6-13,23H2. The van der Waals surface area contributed by atoms with Gasteiger partial charge in [0.15, 0.2) is 6.10 Å². The first-order valence-electron chi connectivity index (χ1n) is 9.10. The molecule has 0 bridgehead atoms. The fourth-order valence-corrected chi connectivity index (χ4v) is 4.01. The van der Waals surface area contributed by atoms with Crippen molar-refractivity contribution < 1.29 is 22.7 Å². The van der Waals surface area contributed by atoms with Gasteiger partial charge < -0.3 is 15.4 Å². The normalized spacial score (nSPS) is 26.1. The van der Waals surface area contributed by atoms with E-state index in [4.69, 9.17) is 10.5 Å². The minimum absolute atomic E-state index is 0.0214. The Kier molecular flexibility index (Phi) is 5.58. The van der Waals surface area contributed by atoms with Crippen LogP contribution in [0.15, 0.2) is 30.3 Å². The highest BCUT2D eigenvalue weighted by Crippen LogP contribution is 2.36. The molecule has 4 nitrogen and oxygen atoms in total. The van der Waals surface area contributed by atoms with Gasteiger partial charge in [-0.3, -0.25) is 4.79 Å². The summed E-state index contributed by atoms with van der Waals surface area (Å²) >= 11 is 0. The number of nitrogens with two attached hydrogens (primary N) is 1. The topological polar surface area (TPSA) is 55.6 Å². The van der Waals surface area contributed by atoms with E-state index in [0.29, 0.717) is 19.6 Å². The summed E-state index contributed by atoms with van der Waals surface area (Å²) in [7, 11) is 0. The van der Waals surface area contributed by atoms with Crippen molar-refractivity contribution in [1.29, 1.82) is 0 Å². The molecule has 1 aromatic carbocycles. The van der Waals surface area contributed by atoms with Crippen molar-refractivity contribution in [3.63, 3.8) is 0 Å². The maximum absolute atomic E-state index is 12.7. The summed E-state index contributed by atoms with van der Waals surface area (Å²) in [6.07, 6.45) is -4.96. The molecule has 2 aliphatic heterocycles. The highest BCUT2D eigenvalue weighted by atomic mass is 19.4. The van der Waals surface area contributed by atoms with Crippen LogP contribution in [-0.2, 0) is 14.9 Å². The predicted octanol–water partition coefficient (Wildman–Crippen LogP) is 3.01. The second kappa shape index (κ2) is 7.56. The molecule has 0 aromatic heterocycles. The third-order valence-corrected chi connectivity index (χ3v) is 5.73. The molecule has 2 atom stereocenters. The van der Waals surface area contributed by atoms with Gasteiger partial charge in [-0.2, -0.15) is 13.2 Å². The first-order valence-corrected chi connectivity index (χ1v) is 9.10. The minimum Gasteiger partial charge on any atom is -0.365 e. The van der Waals surface area contributed by atoms with Gasteiger partial charge in [0.2, 0.25) is 5.91 Å². The molecule has 144 valence electrons. The average molecular weight is 370 g/mol. The van der Waals surface area contributed by atoms with E-state index in [0.717, 1.165) is 12.8 Å². The first-order chi connectivity index (χ1) is 12.3. The molecule has 7 heteroatoms. The van der Waals surface area contributed by atoms with E-state index in [1.54, 1.807) is 4.90 Å². The lowest BCUT2D eigenvalue weighted by Gasteiger charge is -2.42. The summed E-state index contributed by atoms with van der Waals surface area (Å²) < 4.78 is 43.1. The van der Waals surface area contributed by atoms with Crippen LogP contribution in [0.5, 0.6) is 0 Å². The number of nitrogens with zero attached hydrogens (tertiary/aromatic N) is 1. The van der Waals surface area contributed by atoms with Gasteiger partial charge >= 0.3 is 6.18 Å². The molecule has 0 spiro atoms. The van der Waals surface area contributed by atoms with Crippen LogP contribution in [0.2, 0.25) is 0 Å². The summed E-state index contributed by atoms with van der Waals surface area (Å²) in [6.45, 7) is 1.65. The van der Waals surface area contributed by atoms with E-state index in [9.17, 15) is 18.0 Å². The number of rotatable bonds is 4. The van der Waals surface area contributed by atoms with Gasteiger partial charge in [-0.05, 0) is 31.2 Å². The Hall–Kier alpha value is -1.60. The molecule has 0 radical (unpaired) electrons. The smallest absolute Gasteiger partial charge is 0.365 e. The van der Waals surface area contributed by atoms with Crippen LogP contribution in [0.4, 0.5) is 13.2 Å². The van der Waals surface area contributed by atoms with E-state index in [2.05, 4.69) is 12.1 Å². The van der Waals surface area contributed by atoms with Gasteiger partial charge in [0.1, 0.15) is 0 Å². The van der Waals surface area contributed by atoms with Crippen molar-refractivity contribution in [3.05, 3.63) is 35.9 Å². The van der Waals surface area contributed by atoms with Gasteiger partial charge in [0.05, 0.1) is 12.5 Å². The average Bonchev–Trinajstić information content (AvgIpc) is 3.11. The summed E-state index contributed by atoms with van der Waals surface area (Å²) in [5.41, 5.74) is 7.10. The number of ether oxygens (including phenoxy) is 1. The number of hydrogen-bond donors (Lipinski definition) is 1. The zero-order valence-corrected chi connectivity index (χ0v) is 14.7. The van der Waals surface area contributed by atoms with Gasteiger partial charge in [-0.15, -0.1) is 0 Å². The summed E-state index contributed by atoms with van der Waals surface area (Å²) in [5, 5.41) is 0. The molecule has 1 aromatic rings. The van der Waals surface area contributed by atoms with Crippen LogP contribution in [-0.4, -0.2) is 48.8 Å². The van der Waals surface area contributed by atoms with E-state index in [1.165, 1.54) is 5.56 Å². The third-order valence-electron chi connectivity index (χ3n) is 5.73. The second-order valence-electron chi connectivity index (χ2n) is 7.30. The molecule has 2 saturated heterocycles. The van der Waals surface area contributed by atoms with Gasteiger partial charge in [0.25, 0.3) is 0 Å². The predicted molar refractivity (Wildman–Crippen MR) is 91.6 cm³/mol. The van der Waals surface area contributed by atoms with E-state index in [1.807, 2.05) is 18.2 Å². The Balaban J connectivity index is 1.54. The van der Waals surface area contributed by atoms with E-state index >= 15 is 0 Å². The SMILES string of the molecule is NCC1(c2ccccc2)CCN(C(=O)CC2CCC(C(F)(F)F)O2)CC1. The van der Waals surface area contributed by atoms with Crippen molar-refractivity contribution in [2.45, 2.75) is 55.9 Å². The number of benzene rings is 1. The Morgan fingerprint density at radius 3 is 2.38 bits per heavy atom. The lowest BCUT2D eigenvalue weighted by atomic mass is 9.73. The summed E-state index contributed by atoms with van der Waals surface area (Å²) in [6, 6.07) is 10.1. The number of likely N-dealkylation sites (tertiary alicyclic amines) is 1. The van der Waals surface area contributed by atoms with Crippen LogP contribution >= 0.6 is 0 Å². The maximum Gasteiger partial charge on any atom is 0.414 e. The third kappa shape index (κ3) is 4.04. The summed E-state index contributed by atoms with van der Waals surface area (Å²) in [4.78, 5) is 14.2. The largest absolute Gasteiger partial charge is 0.414 e. The number of carbonyl (C=O) groups excluding carboxylic acids is 1. The van der Waals surface area contributed by atoms with Crippen LogP contribution in [0.1, 0.15) is 37.7 Å². The lowest BCUT2D eigenvalue weighted by Crippen LogP contribution is -2.49. The van der Waals surface area contributed by atoms with Gasteiger partial charge in [-0.25, -0.2) is 0 Å². The van der Waals surface area contributed by atoms with E-state index < -0.39 is 18.4 Å². The monoisotopic (exact) mass is 370 g/mol. The maximum atomic E-state index is 12.7. The Morgan fingerprint density at radius 2 is 1.85 bits per heavy atom. The molecule has 2 fully saturated rings. The molecule has 2 unspecified atom stereocenters. The molecule has 0 saturated carbocycles. The van der Waals surface area contributed by atoms with Crippen molar-refractivity contribution in [1.82, 2.24) is 4.90 Å². The lowest BCUT2D eigenvalue weighted by molar-refractivity contribution is -0.215. The number of piperidine rings is 1. The Morgan fingerprint density at radius 1 is 1.19 bits per heavy atom. The van der Waals surface area contributed by atoms with Crippen molar-refractivity contribution in [2.24, 2.45) is 5.73 Å². The van der Waals surface area contributed by atoms with Crippen molar-refractivity contribution in [3.8, 4) is 0 Å². The Bertz CT molecular complexity index is 613. The molecule has 3 rings (SSSR count). The molecular formula is C19H25F3N2O2. The number of amides is 1. The zero-order chi connectivity index (χ0) is 18.8. The molecule has 2 aliphatic rings. The Labute approximate surface area is 151 Å². The number of alkyl halides is 3. The fraction of sp³-hybridized carbons (Fsp3) is 0.632. The van der Waals surface area contributed by atoms with Crippen LogP contribution in [0, 0.1) is 0 Å². The van der Waals surface area contributed by atoms with Gasteiger partial charge in [-0.1, -0.05) is 30.3 Å². The van der Waals surface area contributed by atoms with Crippen LogP contribution < -0.4 is 5.73 Å². The molecule has 26 heavy (non-hydrogen) atoms. The molecule has 1 amide bonds. The van der Waals surface area contributed by atoms with Gasteiger partial charge in [0, 0.05) is 25.0 Å². The number of hydrogen-bond acceptors (Lipinski definition) is 3. The highest BCUT2D eigenvalue weighted by molar-refractivity contribution is 5.77. The second-order valence-corrected chi connectivity index (χ2v) is 7.30. The number of halogens is 3. The zero-order valence-electron chi connectivity index (χ0n) is 14.7. The molecule has 0 aliphatic carbocycles. The van der Waals surface area contributed by atoms with E-state index in [-0.39, 0.29) is 30.6 Å². The summed E-state index contributed by atoms with van der Waals surface area (Å²) in [5.74, 6) is -0.128. The minimum atomic E-state index is -4.35. The highest BCUT2D eigenvalue weighted by Gasteiger charge is 2.46. The quantitative estimate of drug-likeness (QED) is 0.887. The van der Waals surface area contributed by atoms with Crippen molar-refractivity contribution in [2.75, 3.05) is 19.6 Å². The fourth-order valence-electron chi connectivity index (χ4n) is 4.01. The van der Waals surface area contributed by atoms with Crippen LogP contribution in [0.25, 0.3) is 0 Å². The van der Waals surface area contributed by atoms with Crippen molar-refractivity contribution >= 4 is 5.91 Å². The molecule has 2 heterocycles.